The number of esters is 2. The highest BCUT2D eigenvalue weighted by molar-refractivity contribution is 5.69. The van der Waals surface area contributed by atoms with Crippen LogP contribution in [0.3, 0.4) is 0 Å². The van der Waals surface area contributed by atoms with Crippen LogP contribution in [-0.4, -0.2) is 26.2 Å². The van der Waals surface area contributed by atoms with Gasteiger partial charge in [-0.3, -0.25) is 9.59 Å². The molecular formula is C16H32O4. The molecule has 0 aliphatic carbocycles. The quantitative estimate of drug-likeness (QED) is 0.445. The molecule has 0 spiro atoms. The molecule has 0 amide bonds. The lowest BCUT2D eigenvalue weighted by Crippen LogP contribution is -1.98. The van der Waals surface area contributed by atoms with Gasteiger partial charge in [0.1, 0.15) is 0 Å². The molecule has 0 aromatic rings. The van der Waals surface area contributed by atoms with Crippen LogP contribution in [0.25, 0.3) is 0 Å². The van der Waals surface area contributed by atoms with Crippen LogP contribution in [0.2, 0.25) is 0 Å². The van der Waals surface area contributed by atoms with Gasteiger partial charge in [0.15, 0.2) is 0 Å². The Balaban J connectivity index is 0. The van der Waals surface area contributed by atoms with Gasteiger partial charge in [-0.1, -0.05) is 52.4 Å². The highest BCUT2D eigenvalue weighted by atomic mass is 16.5. The fourth-order valence-electron chi connectivity index (χ4n) is 1.60. The lowest BCUT2D eigenvalue weighted by Gasteiger charge is -1.97. The zero-order valence-corrected chi connectivity index (χ0v) is 13.7. The monoisotopic (exact) mass is 288 g/mol. The van der Waals surface area contributed by atoms with Crippen LogP contribution in [0, 0.1) is 0 Å². The van der Waals surface area contributed by atoms with Crippen molar-refractivity contribution in [2.45, 2.75) is 78.1 Å². The topological polar surface area (TPSA) is 52.6 Å². The van der Waals surface area contributed by atoms with E-state index in [2.05, 4.69) is 23.3 Å². The fraction of sp³-hybridized carbons (Fsp3) is 0.875. The van der Waals surface area contributed by atoms with Crippen LogP contribution in [-0.2, 0) is 19.1 Å². The molecule has 0 bridgehead atoms. The Morgan fingerprint density at radius 2 is 1.00 bits per heavy atom. The molecule has 4 heteroatoms. The van der Waals surface area contributed by atoms with Crippen molar-refractivity contribution in [3.8, 4) is 0 Å². The van der Waals surface area contributed by atoms with E-state index in [1.54, 1.807) is 0 Å². The zero-order valence-electron chi connectivity index (χ0n) is 13.7. The number of hydrogen-bond donors (Lipinski definition) is 0. The third kappa shape index (κ3) is 19.3. The van der Waals surface area contributed by atoms with Crippen molar-refractivity contribution in [1.82, 2.24) is 0 Å². The van der Waals surface area contributed by atoms with Gasteiger partial charge in [-0.15, -0.1) is 0 Å². The summed E-state index contributed by atoms with van der Waals surface area (Å²) in [5.74, 6) is -0.174. The van der Waals surface area contributed by atoms with Gasteiger partial charge in [0.2, 0.25) is 0 Å². The maximum atomic E-state index is 10.6. The second-order valence-corrected chi connectivity index (χ2v) is 4.77. The molecule has 120 valence electrons. The standard InChI is InChI=1S/2C8H16O2/c2*1-3-4-5-6-7-8(9)10-2/h2*3-7H2,1-2H3. The Morgan fingerprint density at radius 1 is 0.650 bits per heavy atom. The first-order valence-corrected chi connectivity index (χ1v) is 7.75. The minimum Gasteiger partial charge on any atom is -0.469 e. The Bertz CT molecular complexity index is 203. The summed E-state index contributed by atoms with van der Waals surface area (Å²) >= 11 is 0. The van der Waals surface area contributed by atoms with Crippen LogP contribution in [0.4, 0.5) is 0 Å². The summed E-state index contributed by atoms with van der Waals surface area (Å²) in [4.78, 5) is 21.1. The van der Waals surface area contributed by atoms with Gasteiger partial charge in [-0.25, -0.2) is 0 Å². The Morgan fingerprint density at radius 3 is 1.25 bits per heavy atom. The molecular weight excluding hydrogens is 256 g/mol. The van der Waals surface area contributed by atoms with Crippen molar-refractivity contribution >= 4 is 11.9 Å². The minimum atomic E-state index is -0.0869. The first kappa shape index (κ1) is 21.2. The molecule has 0 N–H and O–H groups in total. The second kappa shape index (κ2) is 17.9. The Labute approximate surface area is 124 Å². The van der Waals surface area contributed by atoms with Gasteiger partial charge >= 0.3 is 11.9 Å². The summed E-state index contributed by atoms with van der Waals surface area (Å²) in [5, 5.41) is 0. The average Bonchev–Trinajstić information content (AvgIpc) is 2.48. The van der Waals surface area contributed by atoms with Crippen molar-refractivity contribution in [3.63, 3.8) is 0 Å². The molecule has 0 atom stereocenters. The molecule has 0 aliphatic rings. The highest BCUT2D eigenvalue weighted by Crippen LogP contribution is 2.03. The normalized spacial score (nSPS) is 9.40. The summed E-state index contributed by atoms with van der Waals surface area (Å²) in [5.41, 5.74) is 0. The van der Waals surface area contributed by atoms with E-state index >= 15 is 0 Å². The van der Waals surface area contributed by atoms with Crippen molar-refractivity contribution in [2.75, 3.05) is 14.2 Å². The van der Waals surface area contributed by atoms with E-state index in [0.29, 0.717) is 12.8 Å². The van der Waals surface area contributed by atoms with Gasteiger partial charge in [0.05, 0.1) is 14.2 Å². The molecule has 0 saturated carbocycles. The van der Waals surface area contributed by atoms with Gasteiger partial charge in [-0.05, 0) is 12.8 Å². The molecule has 0 aromatic carbocycles. The summed E-state index contributed by atoms with van der Waals surface area (Å²) < 4.78 is 8.98. The number of hydrogen-bond acceptors (Lipinski definition) is 4. The number of carbonyl (C=O) groups is 2. The third-order valence-corrected chi connectivity index (χ3v) is 2.92. The molecule has 4 nitrogen and oxygen atoms in total. The summed E-state index contributed by atoms with van der Waals surface area (Å²) in [6.45, 7) is 4.30. The lowest BCUT2D eigenvalue weighted by molar-refractivity contribution is -0.141. The average molecular weight is 288 g/mol. The maximum absolute atomic E-state index is 10.6. The number of methoxy groups -OCH3 is 2. The number of carbonyl (C=O) groups excluding carboxylic acids is 2. The lowest BCUT2D eigenvalue weighted by atomic mass is 10.2. The SMILES string of the molecule is CCCCCCC(=O)OC.CCCCCCC(=O)OC. The van der Waals surface area contributed by atoms with E-state index in [4.69, 9.17) is 0 Å². The van der Waals surface area contributed by atoms with Gasteiger partial charge < -0.3 is 9.47 Å². The third-order valence-electron chi connectivity index (χ3n) is 2.92. The highest BCUT2D eigenvalue weighted by Gasteiger charge is 1.98. The van der Waals surface area contributed by atoms with Crippen LogP contribution in [0.5, 0.6) is 0 Å². The molecule has 0 heterocycles. The van der Waals surface area contributed by atoms with E-state index in [-0.39, 0.29) is 11.9 Å². The van der Waals surface area contributed by atoms with E-state index in [0.717, 1.165) is 25.7 Å². The molecule has 20 heavy (non-hydrogen) atoms. The maximum Gasteiger partial charge on any atom is 0.305 e. The Hall–Kier alpha value is -1.06. The molecule has 0 radical (unpaired) electrons. The number of ether oxygens (including phenoxy) is 2. The predicted octanol–water partition coefficient (Wildman–Crippen LogP) is 4.26. The molecule has 0 unspecified atom stereocenters. The van der Waals surface area contributed by atoms with E-state index in [1.165, 1.54) is 39.9 Å². The molecule has 0 aliphatic heterocycles. The molecule has 0 saturated heterocycles. The van der Waals surface area contributed by atoms with Crippen LogP contribution >= 0.6 is 0 Å². The first-order chi connectivity index (χ1) is 9.62. The van der Waals surface area contributed by atoms with Crippen LogP contribution in [0.1, 0.15) is 78.1 Å². The van der Waals surface area contributed by atoms with E-state index < -0.39 is 0 Å². The molecule has 0 fully saturated rings. The summed E-state index contributed by atoms with van der Waals surface area (Å²) in [6.07, 6.45) is 10.3. The van der Waals surface area contributed by atoms with Crippen molar-refractivity contribution in [3.05, 3.63) is 0 Å². The van der Waals surface area contributed by atoms with Crippen LogP contribution in [0.15, 0.2) is 0 Å². The largest absolute Gasteiger partial charge is 0.469 e. The zero-order chi connectivity index (χ0) is 15.6. The smallest absolute Gasteiger partial charge is 0.305 e. The second-order valence-electron chi connectivity index (χ2n) is 4.77. The minimum absolute atomic E-state index is 0.0869. The Kier molecular flexibility index (Phi) is 19.1. The van der Waals surface area contributed by atoms with Crippen molar-refractivity contribution in [1.29, 1.82) is 0 Å². The van der Waals surface area contributed by atoms with Gasteiger partial charge in [0.25, 0.3) is 0 Å². The van der Waals surface area contributed by atoms with E-state index in [9.17, 15) is 9.59 Å². The van der Waals surface area contributed by atoms with Crippen molar-refractivity contribution < 1.29 is 19.1 Å². The molecule has 0 rings (SSSR count). The van der Waals surface area contributed by atoms with Gasteiger partial charge in [0, 0.05) is 12.8 Å². The fourth-order valence-corrected chi connectivity index (χ4v) is 1.60. The van der Waals surface area contributed by atoms with E-state index in [1.807, 2.05) is 0 Å². The number of unbranched alkanes of at least 4 members (excludes halogenated alkanes) is 6. The predicted molar refractivity (Wildman–Crippen MR) is 81.6 cm³/mol. The van der Waals surface area contributed by atoms with Crippen molar-refractivity contribution in [2.24, 2.45) is 0 Å². The summed E-state index contributed by atoms with van der Waals surface area (Å²) in [7, 11) is 2.87. The molecule has 0 aromatic heterocycles. The first-order valence-electron chi connectivity index (χ1n) is 7.75. The van der Waals surface area contributed by atoms with Gasteiger partial charge in [-0.2, -0.15) is 0 Å². The number of rotatable bonds is 10. The summed E-state index contributed by atoms with van der Waals surface area (Å²) in [6, 6.07) is 0. The van der Waals surface area contributed by atoms with Crippen LogP contribution < -0.4 is 0 Å².